The molecule has 1 aromatic rings. The Balaban J connectivity index is 1.86. The number of sulfonamides is 1. The summed E-state index contributed by atoms with van der Waals surface area (Å²) >= 11 is 0. The molecule has 1 aromatic heterocycles. The second kappa shape index (κ2) is 6.44. The van der Waals surface area contributed by atoms with Gasteiger partial charge >= 0.3 is 6.03 Å². The third kappa shape index (κ3) is 4.43. The summed E-state index contributed by atoms with van der Waals surface area (Å²) in [6, 6.07) is 1.09. The smallest absolute Gasteiger partial charge is 0.323 e. The van der Waals surface area contributed by atoms with Crippen molar-refractivity contribution >= 4 is 21.9 Å². The number of urea groups is 1. The van der Waals surface area contributed by atoms with Crippen LogP contribution in [0.2, 0.25) is 0 Å². The van der Waals surface area contributed by atoms with E-state index >= 15 is 0 Å². The first-order chi connectivity index (χ1) is 9.89. The number of hydrogen-bond donors (Lipinski definition) is 2. The molecule has 0 unspecified atom stereocenters. The molecule has 21 heavy (non-hydrogen) atoms. The van der Waals surface area contributed by atoms with Gasteiger partial charge in [-0.05, 0) is 19.8 Å². The Morgan fingerprint density at radius 2 is 2.33 bits per heavy atom. The molecule has 1 atom stereocenters. The standard InChI is InChI=1S/C12H20N4O4S/c1-3-6-21(18,19)15-10-4-5-16(8-10)12(17)13-11-7-9(2)20-14-11/h7,10,15H,3-6,8H2,1-2H3,(H,13,14,17)/t10-/m0/s1. The summed E-state index contributed by atoms with van der Waals surface area (Å²) in [6.07, 6.45) is 1.17. The van der Waals surface area contributed by atoms with E-state index in [1.54, 1.807) is 17.9 Å². The van der Waals surface area contributed by atoms with E-state index in [4.69, 9.17) is 4.52 Å². The predicted octanol–water partition coefficient (Wildman–Crippen LogP) is 0.919. The van der Waals surface area contributed by atoms with Crippen molar-refractivity contribution in [1.82, 2.24) is 14.8 Å². The van der Waals surface area contributed by atoms with E-state index in [0.717, 1.165) is 0 Å². The molecule has 2 rings (SSSR count). The monoisotopic (exact) mass is 316 g/mol. The molecular weight excluding hydrogens is 296 g/mol. The van der Waals surface area contributed by atoms with Gasteiger partial charge in [0.2, 0.25) is 10.0 Å². The molecule has 118 valence electrons. The Hall–Kier alpha value is -1.61. The van der Waals surface area contributed by atoms with Crippen LogP contribution in [0.25, 0.3) is 0 Å². The Bertz CT molecular complexity index is 598. The van der Waals surface area contributed by atoms with Crippen LogP contribution < -0.4 is 10.0 Å². The molecular formula is C12H20N4O4S. The second-order valence-electron chi connectivity index (χ2n) is 5.12. The van der Waals surface area contributed by atoms with Gasteiger partial charge in [0.05, 0.1) is 5.75 Å². The molecule has 9 heteroatoms. The minimum atomic E-state index is -3.26. The zero-order valence-electron chi connectivity index (χ0n) is 12.1. The number of nitrogens with one attached hydrogen (secondary N) is 2. The first-order valence-electron chi connectivity index (χ1n) is 6.89. The van der Waals surface area contributed by atoms with Gasteiger partial charge in [-0.15, -0.1) is 0 Å². The molecule has 0 spiro atoms. The predicted molar refractivity (Wildman–Crippen MR) is 77.5 cm³/mol. The highest BCUT2D eigenvalue weighted by Gasteiger charge is 2.29. The molecule has 8 nitrogen and oxygen atoms in total. The van der Waals surface area contributed by atoms with E-state index in [-0.39, 0.29) is 17.8 Å². The van der Waals surface area contributed by atoms with Gasteiger partial charge in [0.25, 0.3) is 0 Å². The van der Waals surface area contributed by atoms with Gasteiger partial charge in [-0.3, -0.25) is 5.32 Å². The quantitative estimate of drug-likeness (QED) is 0.840. The van der Waals surface area contributed by atoms with Crippen LogP contribution in [0.3, 0.4) is 0 Å². The Kier molecular flexibility index (Phi) is 4.84. The fourth-order valence-electron chi connectivity index (χ4n) is 2.24. The first kappa shape index (κ1) is 15.8. The van der Waals surface area contributed by atoms with Crippen molar-refractivity contribution in [1.29, 1.82) is 0 Å². The molecule has 0 aromatic carbocycles. The average Bonchev–Trinajstić information content (AvgIpc) is 2.98. The van der Waals surface area contributed by atoms with E-state index in [0.29, 0.717) is 37.5 Å². The molecule has 1 fully saturated rings. The van der Waals surface area contributed by atoms with Crippen LogP contribution in [-0.2, 0) is 10.0 Å². The van der Waals surface area contributed by atoms with Crippen LogP contribution in [-0.4, -0.2) is 49.4 Å². The van der Waals surface area contributed by atoms with Gasteiger partial charge in [0.1, 0.15) is 5.76 Å². The van der Waals surface area contributed by atoms with Gasteiger partial charge < -0.3 is 9.42 Å². The number of carbonyl (C=O) groups is 1. The third-order valence-electron chi connectivity index (χ3n) is 3.16. The summed E-state index contributed by atoms with van der Waals surface area (Å²) in [5.41, 5.74) is 0. The molecule has 1 aliphatic heterocycles. The fraction of sp³-hybridized carbons (Fsp3) is 0.667. The van der Waals surface area contributed by atoms with Crippen LogP contribution in [0.1, 0.15) is 25.5 Å². The van der Waals surface area contributed by atoms with Crippen LogP contribution >= 0.6 is 0 Å². The van der Waals surface area contributed by atoms with E-state index in [9.17, 15) is 13.2 Å². The zero-order chi connectivity index (χ0) is 15.5. The normalized spacial score (nSPS) is 19.0. The van der Waals surface area contributed by atoms with Crippen molar-refractivity contribution in [2.45, 2.75) is 32.7 Å². The lowest BCUT2D eigenvalue weighted by atomic mass is 10.3. The summed E-state index contributed by atoms with van der Waals surface area (Å²) in [7, 11) is -3.26. The summed E-state index contributed by atoms with van der Waals surface area (Å²) < 4.78 is 30.9. The van der Waals surface area contributed by atoms with Crippen LogP contribution in [0.15, 0.2) is 10.6 Å². The van der Waals surface area contributed by atoms with E-state index in [1.165, 1.54) is 0 Å². The van der Waals surface area contributed by atoms with Gasteiger partial charge in [0, 0.05) is 25.2 Å². The first-order valence-corrected chi connectivity index (χ1v) is 8.54. The highest BCUT2D eigenvalue weighted by molar-refractivity contribution is 7.89. The van der Waals surface area contributed by atoms with Crippen molar-refractivity contribution in [3.8, 4) is 0 Å². The maximum atomic E-state index is 12.0. The van der Waals surface area contributed by atoms with E-state index in [2.05, 4.69) is 15.2 Å². The third-order valence-corrected chi connectivity index (χ3v) is 4.80. The minimum absolute atomic E-state index is 0.105. The summed E-state index contributed by atoms with van der Waals surface area (Å²) in [4.78, 5) is 13.6. The number of amides is 2. The minimum Gasteiger partial charge on any atom is -0.360 e. The largest absolute Gasteiger partial charge is 0.360 e. The van der Waals surface area contributed by atoms with Crippen LogP contribution in [0, 0.1) is 6.92 Å². The molecule has 2 heterocycles. The molecule has 0 bridgehead atoms. The van der Waals surface area contributed by atoms with E-state index < -0.39 is 10.0 Å². The van der Waals surface area contributed by atoms with Crippen molar-refractivity contribution in [3.63, 3.8) is 0 Å². The highest BCUT2D eigenvalue weighted by atomic mass is 32.2. The van der Waals surface area contributed by atoms with Crippen molar-refractivity contribution < 1.29 is 17.7 Å². The SMILES string of the molecule is CCCS(=O)(=O)N[C@H]1CCN(C(=O)Nc2cc(C)on2)C1. The Morgan fingerprint density at radius 1 is 1.57 bits per heavy atom. The summed E-state index contributed by atoms with van der Waals surface area (Å²) in [5.74, 6) is 1.07. The molecule has 0 saturated carbocycles. The lowest BCUT2D eigenvalue weighted by Crippen LogP contribution is -2.40. The number of nitrogens with zero attached hydrogens (tertiary/aromatic N) is 2. The Morgan fingerprint density at radius 3 is 2.95 bits per heavy atom. The fourth-order valence-corrected chi connectivity index (χ4v) is 3.59. The number of rotatable bonds is 5. The molecule has 2 amide bonds. The summed E-state index contributed by atoms with van der Waals surface area (Å²) in [6.45, 7) is 4.40. The number of aryl methyl sites for hydroxylation is 1. The Labute approximate surface area is 123 Å². The highest BCUT2D eigenvalue weighted by Crippen LogP contribution is 2.13. The van der Waals surface area contributed by atoms with E-state index in [1.807, 2.05) is 6.92 Å². The molecule has 0 aliphatic carbocycles. The second-order valence-corrected chi connectivity index (χ2v) is 6.99. The van der Waals surface area contributed by atoms with Crippen molar-refractivity contribution in [2.75, 3.05) is 24.2 Å². The molecule has 1 aliphatic rings. The number of likely N-dealkylation sites (tertiary alicyclic amines) is 1. The maximum absolute atomic E-state index is 12.0. The van der Waals surface area contributed by atoms with Gasteiger partial charge in [-0.25, -0.2) is 17.9 Å². The van der Waals surface area contributed by atoms with Crippen molar-refractivity contribution in [3.05, 3.63) is 11.8 Å². The average molecular weight is 316 g/mol. The van der Waals surface area contributed by atoms with Gasteiger partial charge in [-0.2, -0.15) is 0 Å². The topological polar surface area (TPSA) is 105 Å². The van der Waals surface area contributed by atoms with Crippen LogP contribution in [0.5, 0.6) is 0 Å². The zero-order valence-corrected chi connectivity index (χ0v) is 12.9. The molecule has 2 N–H and O–H groups in total. The van der Waals surface area contributed by atoms with Crippen LogP contribution in [0.4, 0.5) is 10.6 Å². The molecule has 0 radical (unpaired) electrons. The van der Waals surface area contributed by atoms with Crippen molar-refractivity contribution in [2.24, 2.45) is 0 Å². The number of anilines is 1. The maximum Gasteiger partial charge on any atom is 0.323 e. The number of aromatic nitrogens is 1. The summed E-state index contributed by atoms with van der Waals surface area (Å²) in [5, 5.41) is 6.30. The van der Waals surface area contributed by atoms with Gasteiger partial charge in [-0.1, -0.05) is 12.1 Å². The lowest BCUT2D eigenvalue weighted by molar-refractivity contribution is 0.221. The number of carbonyl (C=O) groups excluding carboxylic acids is 1. The van der Waals surface area contributed by atoms with Gasteiger partial charge in [0.15, 0.2) is 5.82 Å². The lowest BCUT2D eigenvalue weighted by Gasteiger charge is -2.16. The number of hydrogen-bond acceptors (Lipinski definition) is 5. The molecule has 1 saturated heterocycles.